The number of phenolic OH excluding ortho intramolecular Hbond substituents is 1. The fraction of sp³-hybridized carbons (Fsp3) is 0.250. The summed E-state index contributed by atoms with van der Waals surface area (Å²) in [4.78, 5) is 9.12. The van der Waals surface area contributed by atoms with Crippen LogP contribution >= 0.6 is 11.6 Å². The van der Waals surface area contributed by atoms with Crippen molar-refractivity contribution in [2.75, 3.05) is 31.1 Å². The molecule has 4 nitrogen and oxygen atoms in total. The van der Waals surface area contributed by atoms with Gasteiger partial charge in [0.2, 0.25) is 0 Å². The molecule has 1 aromatic heterocycles. The molecule has 1 N–H and O–H groups in total. The summed E-state index contributed by atoms with van der Waals surface area (Å²) in [5.41, 5.74) is 3.07. The largest absolute Gasteiger partial charge is 0.506 e. The zero-order valence-corrected chi connectivity index (χ0v) is 14.7. The van der Waals surface area contributed by atoms with Crippen molar-refractivity contribution in [3.05, 3.63) is 65.3 Å². The number of pyridine rings is 1. The molecule has 0 radical (unpaired) electrons. The third-order valence-corrected chi connectivity index (χ3v) is 5.01. The second kappa shape index (κ2) is 6.90. The summed E-state index contributed by atoms with van der Waals surface area (Å²) >= 11 is 6.10. The number of benzene rings is 2. The van der Waals surface area contributed by atoms with Gasteiger partial charge in [-0.2, -0.15) is 0 Å². The molecular formula is C20H20ClN3O. The lowest BCUT2D eigenvalue weighted by molar-refractivity contribution is 0.250. The molecule has 0 atom stereocenters. The van der Waals surface area contributed by atoms with E-state index in [1.807, 2.05) is 36.4 Å². The van der Waals surface area contributed by atoms with Crippen molar-refractivity contribution < 1.29 is 5.11 Å². The number of aromatic hydroxyl groups is 1. The molecule has 2 aromatic carbocycles. The zero-order valence-electron chi connectivity index (χ0n) is 13.9. The van der Waals surface area contributed by atoms with E-state index in [4.69, 9.17) is 11.6 Å². The summed E-state index contributed by atoms with van der Waals surface area (Å²) in [6, 6.07) is 15.7. The third-order valence-electron chi connectivity index (χ3n) is 4.78. The summed E-state index contributed by atoms with van der Waals surface area (Å²) in [6.45, 7) is 4.82. The van der Waals surface area contributed by atoms with Gasteiger partial charge in [0.15, 0.2) is 0 Å². The van der Waals surface area contributed by atoms with Crippen LogP contribution < -0.4 is 4.90 Å². The van der Waals surface area contributed by atoms with Gasteiger partial charge in [0.1, 0.15) is 11.3 Å². The lowest BCUT2D eigenvalue weighted by Gasteiger charge is -2.36. The van der Waals surface area contributed by atoms with E-state index in [-0.39, 0.29) is 5.75 Å². The molecule has 5 heteroatoms. The number of halogens is 1. The van der Waals surface area contributed by atoms with Crippen LogP contribution in [0.15, 0.2) is 54.7 Å². The Morgan fingerprint density at radius 1 is 1.00 bits per heavy atom. The number of anilines is 1. The van der Waals surface area contributed by atoms with E-state index in [2.05, 4.69) is 20.9 Å². The summed E-state index contributed by atoms with van der Waals surface area (Å²) in [6.07, 6.45) is 1.72. The number of hydrogen-bond donors (Lipinski definition) is 1. The Hall–Kier alpha value is -2.30. The van der Waals surface area contributed by atoms with E-state index < -0.39 is 0 Å². The van der Waals surface area contributed by atoms with Crippen LogP contribution in [0, 0.1) is 0 Å². The van der Waals surface area contributed by atoms with Gasteiger partial charge in [-0.05, 0) is 35.9 Å². The number of nitrogens with zero attached hydrogens (tertiary/aromatic N) is 3. The minimum Gasteiger partial charge on any atom is -0.506 e. The van der Waals surface area contributed by atoms with Crippen LogP contribution in [-0.4, -0.2) is 41.2 Å². The molecule has 0 amide bonds. The Bertz CT molecular complexity index is 891. The maximum atomic E-state index is 9.99. The maximum Gasteiger partial charge on any atom is 0.141 e. The number of rotatable bonds is 3. The van der Waals surface area contributed by atoms with Crippen molar-refractivity contribution in [3.8, 4) is 5.75 Å². The quantitative estimate of drug-likeness (QED) is 0.774. The number of piperazine rings is 1. The molecule has 0 spiro atoms. The van der Waals surface area contributed by atoms with Crippen LogP contribution in [0.2, 0.25) is 5.02 Å². The molecule has 128 valence electrons. The second-order valence-corrected chi connectivity index (χ2v) is 6.82. The van der Waals surface area contributed by atoms with Gasteiger partial charge in [-0.3, -0.25) is 9.88 Å². The highest BCUT2D eigenvalue weighted by atomic mass is 35.5. The molecule has 0 unspecified atom stereocenters. The minimum atomic E-state index is 0.241. The van der Waals surface area contributed by atoms with Gasteiger partial charge in [0, 0.05) is 55.0 Å². The third kappa shape index (κ3) is 3.41. The molecule has 25 heavy (non-hydrogen) atoms. The van der Waals surface area contributed by atoms with Crippen LogP contribution in [0.1, 0.15) is 5.56 Å². The van der Waals surface area contributed by atoms with Crippen molar-refractivity contribution in [1.29, 1.82) is 0 Å². The molecule has 1 saturated heterocycles. The predicted octanol–water partition coefficient (Wildman–Crippen LogP) is 3.92. The highest BCUT2D eigenvalue weighted by Crippen LogP contribution is 2.27. The first kappa shape index (κ1) is 16.2. The SMILES string of the molecule is Oc1ccc(CN2CCN(c3cccc(Cl)c3)CC2)c2cccnc12. The van der Waals surface area contributed by atoms with Crippen LogP contribution in [0.4, 0.5) is 5.69 Å². The van der Waals surface area contributed by atoms with Crippen molar-refractivity contribution in [3.63, 3.8) is 0 Å². The van der Waals surface area contributed by atoms with E-state index in [9.17, 15) is 5.11 Å². The topological polar surface area (TPSA) is 39.6 Å². The molecule has 4 rings (SSSR count). The average molecular weight is 354 g/mol. The number of aromatic nitrogens is 1. The van der Waals surface area contributed by atoms with Crippen molar-refractivity contribution in [2.45, 2.75) is 6.54 Å². The molecule has 1 aliphatic heterocycles. The Morgan fingerprint density at radius 2 is 1.84 bits per heavy atom. The van der Waals surface area contributed by atoms with E-state index in [1.165, 1.54) is 11.3 Å². The first-order valence-electron chi connectivity index (χ1n) is 8.49. The summed E-state index contributed by atoms with van der Waals surface area (Å²) in [5, 5.41) is 11.8. The lowest BCUT2D eigenvalue weighted by atomic mass is 10.1. The summed E-state index contributed by atoms with van der Waals surface area (Å²) in [7, 11) is 0. The van der Waals surface area contributed by atoms with Gasteiger partial charge in [-0.15, -0.1) is 0 Å². The van der Waals surface area contributed by atoms with Gasteiger partial charge in [0.05, 0.1) is 0 Å². The van der Waals surface area contributed by atoms with E-state index in [0.29, 0.717) is 5.52 Å². The van der Waals surface area contributed by atoms with E-state index in [1.54, 1.807) is 12.3 Å². The molecule has 3 aromatic rings. The lowest BCUT2D eigenvalue weighted by Crippen LogP contribution is -2.46. The first-order chi connectivity index (χ1) is 12.2. The highest BCUT2D eigenvalue weighted by molar-refractivity contribution is 6.30. The summed E-state index contributed by atoms with van der Waals surface area (Å²) < 4.78 is 0. The fourth-order valence-corrected chi connectivity index (χ4v) is 3.62. The monoisotopic (exact) mass is 353 g/mol. The molecule has 0 aliphatic carbocycles. The molecule has 0 saturated carbocycles. The standard InChI is InChI=1S/C20H20ClN3O/c21-16-3-1-4-17(13-16)24-11-9-23(10-12-24)14-15-6-7-19(25)20-18(15)5-2-8-22-20/h1-8,13,25H,9-12,14H2. The van der Waals surface area contributed by atoms with Crippen molar-refractivity contribution in [1.82, 2.24) is 9.88 Å². The van der Waals surface area contributed by atoms with Crippen molar-refractivity contribution >= 4 is 28.2 Å². The van der Waals surface area contributed by atoms with Gasteiger partial charge in [-0.1, -0.05) is 29.8 Å². The fourth-order valence-electron chi connectivity index (χ4n) is 3.43. The van der Waals surface area contributed by atoms with Gasteiger partial charge in [0.25, 0.3) is 0 Å². The molecule has 0 bridgehead atoms. The van der Waals surface area contributed by atoms with Gasteiger partial charge < -0.3 is 10.0 Å². The second-order valence-electron chi connectivity index (χ2n) is 6.39. The number of hydrogen-bond acceptors (Lipinski definition) is 4. The minimum absolute atomic E-state index is 0.241. The molecule has 2 heterocycles. The number of fused-ring (bicyclic) bond motifs is 1. The molecule has 1 aliphatic rings. The van der Waals surface area contributed by atoms with Crippen LogP contribution in [-0.2, 0) is 6.54 Å². The zero-order chi connectivity index (χ0) is 17.2. The van der Waals surface area contributed by atoms with Gasteiger partial charge in [-0.25, -0.2) is 0 Å². The Labute approximate surface area is 152 Å². The Balaban J connectivity index is 1.47. The maximum absolute atomic E-state index is 9.99. The molecular weight excluding hydrogens is 334 g/mol. The van der Waals surface area contributed by atoms with Crippen molar-refractivity contribution in [2.24, 2.45) is 0 Å². The first-order valence-corrected chi connectivity index (χ1v) is 8.87. The Morgan fingerprint density at radius 3 is 2.64 bits per heavy atom. The predicted molar refractivity (Wildman–Crippen MR) is 102 cm³/mol. The average Bonchev–Trinajstić information content (AvgIpc) is 2.65. The molecule has 1 fully saturated rings. The Kier molecular flexibility index (Phi) is 4.47. The normalized spacial score (nSPS) is 15.6. The van der Waals surface area contributed by atoms with Crippen LogP contribution in [0.5, 0.6) is 5.75 Å². The van der Waals surface area contributed by atoms with E-state index in [0.717, 1.165) is 43.1 Å². The van der Waals surface area contributed by atoms with Crippen LogP contribution in [0.25, 0.3) is 10.9 Å². The smallest absolute Gasteiger partial charge is 0.141 e. The highest BCUT2D eigenvalue weighted by Gasteiger charge is 2.18. The van der Waals surface area contributed by atoms with Crippen LogP contribution in [0.3, 0.4) is 0 Å². The summed E-state index contributed by atoms with van der Waals surface area (Å²) in [5.74, 6) is 0.241. The number of phenols is 1. The van der Waals surface area contributed by atoms with Gasteiger partial charge >= 0.3 is 0 Å². The van der Waals surface area contributed by atoms with E-state index >= 15 is 0 Å².